The lowest BCUT2D eigenvalue weighted by Crippen LogP contribution is -2.51. The number of allylic oxidation sites excluding steroid dienone is 2. The van der Waals surface area contributed by atoms with Gasteiger partial charge in [0.25, 0.3) is 0 Å². The van der Waals surface area contributed by atoms with Crippen molar-refractivity contribution in [2.45, 2.75) is 181 Å². The lowest BCUT2D eigenvalue weighted by molar-refractivity contribution is -0.161. The second-order valence-corrected chi connectivity index (χ2v) is 21.3. The molecule has 0 aromatic carbocycles. The van der Waals surface area contributed by atoms with Crippen molar-refractivity contribution in [2.75, 3.05) is 13.2 Å². The smallest absolute Gasteiger partial charge is 0.306 e. The lowest BCUT2D eigenvalue weighted by atomic mass is 9.47. The van der Waals surface area contributed by atoms with Crippen LogP contribution in [0.15, 0.2) is 23.3 Å². The minimum atomic E-state index is -0.515. The predicted molar refractivity (Wildman–Crippen MR) is 223 cm³/mol. The van der Waals surface area contributed by atoms with E-state index in [0.29, 0.717) is 61.2 Å². The summed E-state index contributed by atoms with van der Waals surface area (Å²) in [4.78, 5) is 74.9. The van der Waals surface area contributed by atoms with Crippen LogP contribution in [-0.2, 0) is 47.7 Å². The highest BCUT2D eigenvalue weighted by atomic mass is 16.6. The van der Waals surface area contributed by atoms with Crippen molar-refractivity contribution in [3.8, 4) is 0 Å². The number of carbonyl (C=O) groups excluding carboxylic acids is 6. The zero-order chi connectivity index (χ0) is 42.5. The topological polar surface area (TPSA) is 139 Å². The zero-order valence-corrected chi connectivity index (χ0v) is 36.8. The molecule has 6 saturated carbocycles. The van der Waals surface area contributed by atoms with E-state index < -0.39 is 11.9 Å². The molecule has 12 atom stereocenters. The Bertz CT molecular complexity index is 1670. The zero-order valence-electron chi connectivity index (χ0n) is 36.8. The van der Waals surface area contributed by atoms with E-state index in [4.69, 9.17) is 18.9 Å². The van der Waals surface area contributed by atoms with Gasteiger partial charge in [0, 0.05) is 36.5 Å². The summed E-state index contributed by atoms with van der Waals surface area (Å²) in [5, 5.41) is 0. The first-order valence-corrected chi connectivity index (χ1v) is 23.8. The molecule has 8 rings (SSSR count). The largest absolute Gasteiger partial charge is 0.466 e. The molecule has 0 N–H and O–H groups in total. The monoisotopic (exact) mass is 830 g/mol. The van der Waals surface area contributed by atoms with Crippen LogP contribution < -0.4 is 0 Å². The average Bonchev–Trinajstić information content (AvgIpc) is 3.73. The summed E-state index contributed by atoms with van der Waals surface area (Å²) < 4.78 is 22.9. The standard InChI is InChI=1S/C50H70O10/c1-47-23-19-33(51)29-31(47)9-11-35-37-13-15-41(49(37,3)25-21-39(35)47)59-45(55)7-5-27-57-43(53)17-18-44(54)58-28-6-8-46(56)60-42-16-14-38-36-12-10-32-30-34(52)20-24-48(32,2)40(36)22-26-50(38,42)4/h29-30,35-42H,5-28H2,1-4H3/t35-,36-,37-,38-,39-,40-,41-,42-,47-,48-,49-,50-/m0/s1. The van der Waals surface area contributed by atoms with Gasteiger partial charge in [0.1, 0.15) is 12.2 Å². The number of ether oxygens (including phenoxy) is 4. The Morgan fingerprint density at radius 1 is 0.500 bits per heavy atom. The van der Waals surface area contributed by atoms with Gasteiger partial charge in [-0.25, -0.2) is 0 Å². The lowest BCUT2D eigenvalue weighted by Gasteiger charge is -2.57. The molecule has 6 fully saturated rings. The number of hydrogen-bond acceptors (Lipinski definition) is 10. The van der Waals surface area contributed by atoms with E-state index in [1.807, 2.05) is 12.2 Å². The second-order valence-electron chi connectivity index (χ2n) is 21.3. The van der Waals surface area contributed by atoms with E-state index in [-0.39, 0.29) is 96.3 Å². The van der Waals surface area contributed by atoms with E-state index in [1.165, 1.54) is 11.1 Å². The molecule has 0 unspecified atom stereocenters. The maximum absolute atomic E-state index is 13.0. The van der Waals surface area contributed by atoms with Crippen LogP contribution in [0.1, 0.15) is 169 Å². The van der Waals surface area contributed by atoms with E-state index in [1.54, 1.807) is 0 Å². The third-order valence-electron chi connectivity index (χ3n) is 18.4. The molecule has 0 radical (unpaired) electrons. The first kappa shape index (κ1) is 43.4. The summed E-state index contributed by atoms with van der Waals surface area (Å²) in [7, 11) is 0. The molecule has 330 valence electrons. The molecule has 0 aromatic heterocycles. The fourth-order valence-electron chi connectivity index (χ4n) is 15.0. The molecule has 0 heterocycles. The van der Waals surface area contributed by atoms with Gasteiger partial charge in [0.05, 0.1) is 26.1 Å². The second kappa shape index (κ2) is 17.1. The van der Waals surface area contributed by atoms with Gasteiger partial charge in [-0.2, -0.15) is 0 Å². The summed E-state index contributed by atoms with van der Waals surface area (Å²) in [5.74, 6) is 2.48. The van der Waals surface area contributed by atoms with Gasteiger partial charge in [0.15, 0.2) is 11.6 Å². The molecule has 10 heteroatoms. The summed E-state index contributed by atoms with van der Waals surface area (Å²) in [5.41, 5.74) is 2.92. The molecular formula is C50H70O10. The van der Waals surface area contributed by atoms with Gasteiger partial charge >= 0.3 is 23.9 Å². The van der Waals surface area contributed by atoms with Crippen LogP contribution in [0.5, 0.6) is 0 Å². The molecule has 0 aromatic rings. The van der Waals surface area contributed by atoms with Crippen LogP contribution in [0, 0.1) is 57.2 Å². The molecule has 10 nitrogen and oxygen atoms in total. The van der Waals surface area contributed by atoms with Gasteiger partial charge in [-0.05, 0) is 161 Å². The summed E-state index contributed by atoms with van der Waals surface area (Å²) in [6, 6.07) is 0. The van der Waals surface area contributed by atoms with Crippen LogP contribution in [0.4, 0.5) is 0 Å². The number of fused-ring (bicyclic) bond motifs is 10. The molecule has 0 aliphatic heterocycles. The summed E-state index contributed by atoms with van der Waals surface area (Å²) >= 11 is 0. The highest BCUT2D eigenvalue weighted by Crippen LogP contribution is 2.67. The quantitative estimate of drug-likeness (QED) is 0.100. The highest BCUT2D eigenvalue weighted by molar-refractivity contribution is 5.92. The fourth-order valence-corrected chi connectivity index (χ4v) is 15.0. The van der Waals surface area contributed by atoms with Crippen molar-refractivity contribution >= 4 is 35.4 Å². The molecular weight excluding hydrogens is 761 g/mol. The molecule has 0 saturated heterocycles. The van der Waals surface area contributed by atoms with Crippen LogP contribution in [0.25, 0.3) is 0 Å². The van der Waals surface area contributed by atoms with Crippen molar-refractivity contribution < 1.29 is 47.7 Å². The van der Waals surface area contributed by atoms with Gasteiger partial charge in [-0.3, -0.25) is 28.8 Å². The minimum absolute atomic E-state index is 0.0298. The number of rotatable bonds is 13. The van der Waals surface area contributed by atoms with Crippen molar-refractivity contribution in [1.29, 1.82) is 0 Å². The Morgan fingerprint density at radius 2 is 0.917 bits per heavy atom. The number of hydrogen-bond donors (Lipinski definition) is 0. The molecule has 8 aliphatic carbocycles. The number of ketones is 2. The van der Waals surface area contributed by atoms with E-state index in [2.05, 4.69) is 27.7 Å². The SMILES string of the molecule is C[C@]12CC[C@H]3[C@@H](CCC4=CC(=O)CC[C@@]43C)[C@@H]1CC[C@@H]2OC(=O)CCCOC(=O)CCC(=O)OCCCC(=O)O[C@H]1CC[C@H]2[C@@H]3CCC4=CC(=O)CC[C@]4(C)[C@H]3CC[C@]12C. The van der Waals surface area contributed by atoms with Gasteiger partial charge in [0.2, 0.25) is 0 Å². The van der Waals surface area contributed by atoms with Crippen molar-refractivity contribution in [3.05, 3.63) is 23.3 Å². The van der Waals surface area contributed by atoms with Crippen LogP contribution in [0.2, 0.25) is 0 Å². The van der Waals surface area contributed by atoms with E-state index >= 15 is 0 Å². The van der Waals surface area contributed by atoms with Crippen molar-refractivity contribution in [3.63, 3.8) is 0 Å². The molecule has 0 amide bonds. The first-order valence-electron chi connectivity index (χ1n) is 23.8. The highest BCUT2D eigenvalue weighted by Gasteiger charge is 2.61. The Balaban J connectivity index is 0.680. The van der Waals surface area contributed by atoms with Crippen LogP contribution >= 0.6 is 0 Å². The third kappa shape index (κ3) is 8.08. The third-order valence-corrected chi connectivity index (χ3v) is 18.4. The molecule has 8 aliphatic rings. The predicted octanol–water partition coefficient (Wildman–Crippen LogP) is 9.30. The number of carbonyl (C=O) groups is 6. The first-order chi connectivity index (χ1) is 28.6. The van der Waals surface area contributed by atoms with E-state index in [0.717, 1.165) is 89.9 Å². The maximum atomic E-state index is 13.0. The van der Waals surface area contributed by atoms with Gasteiger partial charge < -0.3 is 18.9 Å². The Hall–Kier alpha value is -3.30. The van der Waals surface area contributed by atoms with Crippen LogP contribution in [-0.4, -0.2) is 60.9 Å². The summed E-state index contributed by atoms with van der Waals surface area (Å²) in [6.07, 6.45) is 20.2. The molecule has 0 bridgehead atoms. The normalized spacial score (nSPS) is 40.3. The van der Waals surface area contributed by atoms with Gasteiger partial charge in [-0.15, -0.1) is 0 Å². The Morgan fingerprint density at radius 3 is 1.33 bits per heavy atom. The Labute approximate surface area is 357 Å². The molecule has 60 heavy (non-hydrogen) atoms. The van der Waals surface area contributed by atoms with Crippen LogP contribution in [0.3, 0.4) is 0 Å². The van der Waals surface area contributed by atoms with Crippen molar-refractivity contribution in [1.82, 2.24) is 0 Å². The Kier molecular flexibility index (Phi) is 12.4. The number of esters is 4. The average molecular weight is 831 g/mol. The van der Waals surface area contributed by atoms with Crippen molar-refractivity contribution in [2.24, 2.45) is 57.2 Å². The van der Waals surface area contributed by atoms with E-state index in [9.17, 15) is 28.8 Å². The minimum Gasteiger partial charge on any atom is -0.466 e. The summed E-state index contributed by atoms with van der Waals surface area (Å²) in [6.45, 7) is 9.58. The fraction of sp³-hybridized carbons (Fsp3) is 0.800. The van der Waals surface area contributed by atoms with Gasteiger partial charge in [-0.1, -0.05) is 38.8 Å². The maximum Gasteiger partial charge on any atom is 0.306 e. The molecule has 0 spiro atoms.